The fraction of sp³-hybridized carbons (Fsp3) is 0.154. The van der Waals surface area contributed by atoms with Crippen molar-refractivity contribution in [1.82, 2.24) is 15.0 Å². The van der Waals surface area contributed by atoms with Gasteiger partial charge in [0.25, 0.3) is 0 Å². The van der Waals surface area contributed by atoms with Crippen LogP contribution in [0.4, 0.5) is 0 Å². The van der Waals surface area contributed by atoms with Crippen molar-refractivity contribution in [1.29, 1.82) is 0 Å². The molecule has 0 saturated heterocycles. The van der Waals surface area contributed by atoms with Crippen LogP contribution in [0.15, 0.2) is 60.7 Å². The van der Waals surface area contributed by atoms with E-state index >= 15 is 0 Å². The average Bonchev–Trinajstić information content (AvgIpc) is 2.73. The van der Waals surface area contributed by atoms with Crippen LogP contribution in [0.1, 0.15) is 32.6 Å². The Bertz CT molecular complexity index is 1240. The third-order valence-corrected chi connectivity index (χ3v) is 5.28. The third-order valence-electron chi connectivity index (χ3n) is 5.28. The molecular formula is C26H23N3O2. The number of aryl methyl sites for hydroxylation is 4. The number of hydrogen-bond donors (Lipinski definition) is 1. The number of nitrogens with zero attached hydrogens (tertiary/aromatic N) is 3. The molecule has 3 aromatic carbocycles. The first-order chi connectivity index (χ1) is 14.8. The van der Waals surface area contributed by atoms with Gasteiger partial charge in [0, 0.05) is 16.7 Å². The molecule has 0 radical (unpaired) electrons. The molecule has 4 rings (SSSR count). The lowest BCUT2D eigenvalue weighted by molar-refractivity contribution is 0.0697. The van der Waals surface area contributed by atoms with Crippen molar-refractivity contribution in [3.8, 4) is 34.2 Å². The lowest BCUT2D eigenvalue weighted by atomic mass is 10.0. The van der Waals surface area contributed by atoms with E-state index in [-0.39, 0.29) is 5.56 Å². The van der Waals surface area contributed by atoms with Gasteiger partial charge in [-0.2, -0.15) is 0 Å². The maximum Gasteiger partial charge on any atom is 0.336 e. The lowest BCUT2D eigenvalue weighted by Gasteiger charge is -2.12. The number of aromatic carboxylic acids is 1. The van der Waals surface area contributed by atoms with Gasteiger partial charge in [-0.25, -0.2) is 19.7 Å². The van der Waals surface area contributed by atoms with Gasteiger partial charge >= 0.3 is 5.97 Å². The first-order valence-electron chi connectivity index (χ1n) is 10.1. The number of carboxylic acids is 1. The average molecular weight is 409 g/mol. The Morgan fingerprint density at radius 3 is 1.55 bits per heavy atom. The van der Waals surface area contributed by atoms with E-state index in [1.807, 2.05) is 52.0 Å². The zero-order valence-corrected chi connectivity index (χ0v) is 18.0. The van der Waals surface area contributed by atoms with Crippen molar-refractivity contribution in [2.45, 2.75) is 27.7 Å². The maximum atomic E-state index is 11.8. The number of benzene rings is 3. The molecule has 0 saturated carbocycles. The van der Waals surface area contributed by atoms with E-state index in [0.29, 0.717) is 23.0 Å². The van der Waals surface area contributed by atoms with Crippen molar-refractivity contribution in [2.24, 2.45) is 0 Å². The van der Waals surface area contributed by atoms with Crippen LogP contribution in [0.5, 0.6) is 0 Å². The zero-order chi connectivity index (χ0) is 22.1. The predicted octanol–water partition coefficient (Wildman–Crippen LogP) is 5.80. The quantitative estimate of drug-likeness (QED) is 0.461. The Hall–Kier alpha value is -3.86. The van der Waals surface area contributed by atoms with Crippen molar-refractivity contribution in [2.75, 3.05) is 0 Å². The van der Waals surface area contributed by atoms with Gasteiger partial charge in [0.05, 0.1) is 5.56 Å². The fourth-order valence-electron chi connectivity index (χ4n) is 3.73. The number of aromatic nitrogens is 3. The Labute approximate surface area is 181 Å². The minimum atomic E-state index is -1.02. The molecule has 0 aliphatic heterocycles. The highest BCUT2D eigenvalue weighted by Crippen LogP contribution is 2.29. The van der Waals surface area contributed by atoms with Crippen molar-refractivity contribution >= 4 is 5.97 Å². The summed E-state index contributed by atoms with van der Waals surface area (Å²) in [5.41, 5.74) is 6.83. The Morgan fingerprint density at radius 2 is 1.10 bits per heavy atom. The number of hydrogen-bond acceptors (Lipinski definition) is 4. The molecule has 0 spiro atoms. The number of rotatable bonds is 4. The highest BCUT2D eigenvalue weighted by Gasteiger charge is 2.18. The first kappa shape index (κ1) is 20.4. The van der Waals surface area contributed by atoms with E-state index in [2.05, 4.69) is 12.1 Å². The molecule has 4 aromatic rings. The second kappa shape index (κ2) is 8.11. The monoisotopic (exact) mass is 409 g/mol. The first-order valence-corrected chi connectivity index (χ1v) is 10.1. The molecule has 0 unspecified atom stereocenters. The molecule has 31 heavy (non-hydrogen) atoms. The summed E-state index contributed by atoms with van der Waals surface area (Å²) in [5, 5.41) is 9.68. The van der Waals surface area contributed by atoms with Gasteiger partial charge in [0.1, 0.15) is 0 Å². The fourth-order valence-corrected chi connectivity index (χ4v) is 3.73. The van der Waals surface area contributed by atoms with E-state index in [9.17, 15) is 9.90 Å². The normalized spacial score (nSPS) is 10.8. The summed E-state index contributed by atoms with van der Waals surface area (Å²) < 4.78 is 0. The van der Waals surface area contributed by atoms with Crippen LogP contribution < -0.4 is 0 Å². The van der Waals surface area contributed by atoms with Gasteiger partial charge in [-0.15, -0.1) is 0 Å². The van der Waals surface area contributed by atoms with Crippen LogP contribution >= 0.6 is 0 Å². The molecule has 1 heterocycles. The molecule has 0 fully saturated rings. The summed E-state index contributed by atoms with van der Waals surface area (Å²) in [7, 11) is 0. The zero-order valence-electron chi connectivity index (χ0n) is 18.0. The van der Waals surface area contributed by atoms with E-state index in [0.717, 1.165) is 33.4 Å². The van der Waals surface area contributed by atoms with Crippen LogP contribution in [0.25, 0.3) is 34.2 Å². The van der Waals surface area contributed by atoms with Gasteiger partial charge in [-0.3, -0.25) is 0 Å². The molecule has 1 N–H and O–H groups in total. The molecule has 0 atom stereocenters. The van der Waals surface area contributed by atoms with E-state index in [4.69, 9.17) is 15.0 Å². The van der Waals surface area contributed by atoms with E-state index in [1.165, 1.54) is 0 Å². The lowest BCUT2D eigenvalue weighted by Crippen LogP contribution is -2.05. The predicted molar refractivity (Wildman–Crippen MR) is 122 cm³/mol. The van der Waals surface area contributed by atoms with Crippen LogP contribution in [0.2, 0.25) is 0 Å². The minimum Gasteiger partial charge on any atom is -0.478 e. The summed E-state index contributed by atoms with van der Waals surface area (Å²) in [6.45, 7) is 8.13. The van der Waals surface area contributed by atoms with E-state index in [1.54, 1.807) is 24.3 Å². The summed E-state index contributed by atoms with van der Waals surface area (Å²) in [4.78, 5) is 26.0. The molecule has 0 bridgehead atoms. The van der Waals surface area contributed by atoms with Crippen LogP contribution in [-0.4, -0.2) is 26.0 Å². The standard InChI is InChI=1S/C26H23N3O2/c1-15-9-11-19(17(3)13-15)23-27-24(20-12-10-16(2)14-18(20)4)29-25(28-23)21-7-5-6-8-22(21)26(30)31/h5-14H,1-4H3,(H,30,31). The Kier molecular flexibility index (Phi) is 5.34. The SMILES string of the molecule is Cc1ccc(-c2nc(-c3ccc(C)cc3C)nc(-c3ccccc3C(=O)O)n2)c(C)c1. The highest BCUT2D eigenvalue weighted by molar-refractivity contribution is 5.95. The minimum absolute atomic E-state index is 0.159. The highest BCUT2D eigenvalue weighted by atomic mass is 16.4. The van der Waals surface area contributed by atoms with Crippen LogP contribution in [-0.2, 0) is 0 Å². The molecule has 1 aromatic heterocycles. The van der Waals surface area contributed by atoms with Gasteiger partial charge in [-0.05, 0) is 44.9 Å². The second-order valence-electron chi connectivity index (χ2n) is 7.79. The Morgan fingerprint density at radius 1 is 0.645 bits per heavy atom. The van der Waals surface area contributed by atoms with E-state index < -0.39 is 5.97 Å². The molecular weight excluding hydrogens is 386 g/mol. The van der Waals surface area contributed by atoms with Crippen molar-refractivity contribution in [3.63, 3.8) is 0 Å². The van der Waals surface area contributed by atoms with Gasteiger partial charge in [-0.1, -0.05) is 65.7 Å². The Balaban J connectivity index is 2.01. The molecule has 5 heteroatoms. The topological polar surface area (TPSA) is 76.0 Å². The van der Waals surface area contributed by atoms with Crippen molar-refractivity contribution < 1.29 is 9.90 Å². The summed E-state index contributed by atoms with van der Waals surface area (Å²) in [6, 6.07) is 19.0. The smallest absolute Gasteiger partial charge is 0.336 e. The largest absolute Gasteiger partial charge is 0.478 e. The maximum absolute atomic E-state index is 11.8. The van der Waals surface area contributed by atoms with Crippen LogP contribution in [0.3, 0.4) is 0 Å². The summed E-state index contributed by atoms with van der Waals surface area (Å²) in [5.74, 6) is 0.380. The van der Waals surface area contributed by atoms with Crippen molar-refractivity contribution in [3.05, 3.63) is 88.5 Å². The molecule has 0 amide bonds. The summed E-state index contributed by atoms with van der Waals surface area (Å²) in [6.07, 6.45) is 0. The molecule has 154 valence electrons. The molecule has 0 aliphatic rings. The van der Waals surface area contributed by atoms with Gasteiger partial charge < -0.3 is 5.11 Å². The summed E-state index contributed by atoms with van der Waals surface area (Å²) >= 11 is 0. The molecule has 5 nitrogen and oxygen atoms in total. The second-order valence-corrected chi connectivity index (χ2v) is 7.79. The number of carbonyl (C=O) groups is 1. The van der Waals surface area contributed by atoms with Gasteiger partial charge in [0.15, 0.2) is 17.5 Å². The van der Waals surface area contributed by atoms with Gasteiger partial charge in [0.2, 0.25) is 0 Å². The molecule has 0 aliphatic carbocycles. The third kappa shape index (κ3) is 4.08. The van der Waals surface area contributed by atoms with Crippen LogP contribution in [0, 0.1) is 27.7 Å². The number of carboxylic acid groups (broad SMARTS) is 1.